The van der Waals surface area contributed by atoms with Crippen LogP contribution >= 0.6 is 0 Å². The van der Waals surface area contributed by atoms with Gasteiger partial charge in [0.15, 0.2) is 0 Å². The third-order valence-electron chi connectivity index (χ3n) is 6.87. The van der Waals surface area contributed by atoms with Crippen molar-refractivity contribution in [1.29, 1.82) is 0 Å². The van der Waals surface area contributed by atoms with Gasteiger partial charge in [0.25, 0.3) is 0 Å². The van der Waals surface area contributed by atoms with Crippen molar-refractivity contribution in [2.24, 2.45) is 0 Å². The first-order chi connectivity index (χ1) is 16.8. The SMILES string of the molecule is C=Cc1ccc(-n2c3ccccc3c3c4c5ccccc5n(-c5ccccc5)c4ccc32)cc1. The third kappa shape index (κ3) is 2.57. The highest BCUT2D eigenvalue weighted by Crippen LogP contribution is 2.42. The monoisotopic (exact) mass is 434 g/mol. The Kier molecular flexibility index (Phi) is 4.03. The second-order valence-electron chi connectivity index (χ2n) is 8.69. The maximum atomic E-state index is 3.90. The van der Waals surface area contributed by atoms with Crippen LogP contribution in [0.15, 0.2) is 122 Å². The molecule has 0 radical (unpaired) electrons. The molecule has 7 rings (SSSR count). The molecule has 0 aliphatic rings. The molecule has 0 aliphatic heterocycles. The molecule has 5 aromatic carbocycles. The van der Waals surface area contributed by atoms with Crippen LogP contribution in [0.1, 0.15) is 5.56 Å². The number of benzene rings is 5. The molecule has 0 N–H and O–H groups in total. The Morgan fingerprint density at radius 3 is 1.44 bits per heavy atom. The Hall–Kier alpha value is -4.56. The van der Waals surface area contributed by atoms with E-state index in [1.165, 1.54) is 49.3 Å². The highest BCUT2D eigenvalue weighted by molar-refractivity contribution is 6.28. The van der Waals surface area contributed by atoms with Gasteiger partial charge in [-0.15, -0.1) is 0 Å². The number of fused-ring (bicyclic) bond motifs is 7. The van der Waals surface area contributed by atoms with E-state index >= 15 is 0 Å². The van der Waals surface area contributed by atoms with E-state index in [1.807, 2.05) is 6.08 Å². The van der Waals surface area contributed by atoms with Crippen LogP contribution in [0.25, 0.3) is 61.1 Å². The fourth-order valence-corrected chi connectivity index (χ4v) is 5.41. The van der Waals surface area contributed by atoms with Crippen molar-refractivity contribution in [3.63, 3.8) is 0 Å². The Labute approximate surface area is 197 Å². The smallest absolute Gasteiger partial charge is 0.0548 e. The summed E-state index contributed by atoms with van der Waals surface area (Å²) in [4.78, 5) is 0. The van der Waals surface area contributed by atoms with Gasteiger partial charge in [0.2, 0.25) is 0 Å². The van der Waals surface area contributed by atoms with Crippen LogP contribution in [-0.2, 0) is 0 Å². The average Bonchev–Trinajstić information content (AvgIpc) is 3.42. The van der Waals surface area contributed by atoms with Crippen LogP contribution in [-0.4, -0.2) is 9.13 Å². The maximum absolute atomic E-state index is 3.90. The van der Waals surface area contributed by atoms with Gasteiger partial charge in [-0.1, -0.05) is 79.4 Å². The van der Waals surface area contributed by atoms with Crippen LogP contribution in [0.5, 0.6) is 0 Å². The lowest BCUT2D eigenvalue weighted by molar-refractivity contribution is 1.17. The highest BCUT2D eigenvalue weighted by atomic mass is 15.0. The molecule has 2 nitrogen and oxygen atoms in total. The summed E-state index contributed by atoms with van der Waals surface area (Å²) in [5.74, 6) is 0. The van der Waals surface area contributed by atoms with Gasteiger partial charge in [0, 0.05) is 32.9 Å². The standard InChI is InChI=1S/C32H22N2/c1-2-22-16-18-24(19-17-22)34-28-15-9-7-13-26(28)32-30(34)21-20-29-31(32)25-12-6-8-14-27(25)33(29)23-10-4-3-5-11-23/h2-21H,1H2. The van der Waals surface area contributed by atoms with Gasteiger partial charge in [0.05, 0.1) is 22.1 Å². The zero-order chi connectivity index (χ0) is 22.6. The average molecular weight is 435 g/mol. The molecular weight excluding hydrogens is 412 g/mol. The summed E-state index contributed by atoms with van der Waals surface area (Å²) in [5.41, 5.74) is 8.34. The molecule has 0 amide bonds. The zero-order valence-electron chi connectivity index (χ0n) is 18.6. The second-order valence-corrected chi connectivity index (χ2v) is 8.69. The number of para-hydroxylation sites is 3. The Balaban J connectivity index is 1.69. The van der Waals surface area contributed by atoms with Crippen molar-refractivity contribution >= 4 is 49.7 Å². The number of aromatic nitrogens is 2. The van der Waals surface area contributed by atoms with Crippen molar-refractivity contribution in [3.8, 4) is 11.4 Å². The molecule has 0 unspecified atom stereocenters. The maximum Gasteiger partial charge on any atom is 0.0548 e. The number of hydrogen-bond acceptors (Lipinski definition) is 0. The number of rotatable bonds is 3. The van der Waals surface area contributed by atoms with Crippen molar-refractivity contribution < 1.29 is 0 Å². The van der Waals surface area contributed by atoms with Crippen molar-refractivity contribution in [2.45, 2.75) is 0 Å². The Morgan fingerprint density at radius 1 is 0.441 bits per heavy atom. The van der Waals surface area contributed by atoms with Crippen LogP contribution in [0, 0.1) is 0 Å². The minimum absolute atomic E-state index is 1.12. The van der Waals surface area contributed by atoms with E-state index in [2.05, 4.69) is 131 Å². The van der Waals surface area contributed by atoms with Crippen molar-refractivity contribution in [1.82, 2.24) is 9.13 Å². The minimum atomic E-state index is 1.12. The van der Waals surface area contributed by atoms with E-state index in [0.29, 0.717) is 0 Å². The van der Waals surface area contributed by atoms with Crippen molar-refractivity contribution in [3.05, 3.63) is 127 Å². The molecule has 7 aromatic rings. The number of nitrogens with zero attached hydrogens (tertiary/aromatic N) is 2. The fourth-order valence-electron chi connectivity index (χ4n) is 5.41. The summed E-state index contributed by atoms with van der Waals surface area (Å²) < 4.78 is 4.76. The highest BCUT2D eigenvalue weighted by Gasteiger charge is 2.19. The van der Waals surface area contributed by atoms with Gasteiger partial charge < -0.3 is 9.13 Å². The first kappa shape index (κ1) is 19.0. The topological polar surface area (TPSA) is 9.86 Å². The number of hydrogen-bond donors (Lipinski definition) is 0. The summed E-state index contributed by atoms with van der Waals surface area (Å²) in [5, 5.41) is 5.14. The molecule has 2 aromatic heterocycles. The van der Waals surface area contributed by atoms with Gasteiger partial charge >= 0.3 is 0 Å². The molecule has 34 heavy (non-hydrogen) atoms. The van der Waals surface area contributed by atoms with Gasteiger partial charge in [-0.05, 0) is 54.1 Å². The minimum Gasteiger partial charge on any atom is -0.309 e. The van der Waals surface area contributed by atoms with Gasteiger partial charge in [-0.3, -0.25) is 0 Å². The van der Waals surface area contributed by atoms with E-state index in [1.54, 1.807) is 0 Å². The summed E-state index contributed by atoms with van der Waals surface area (Å²) in [6, 6.07) is 41.3. The van der Waals surface area contributed by atoms with E-state index in [4.69, 9.17) is 0 Å². The Morgan fingerprint density at radius 2 is 0.912 bits per heavy atom. The summed E-state index contributed by atoms with van der Waals surface area (Å²) in [7, 11) is 0. The molecule has 0 fully saturated rings. The van der Waals surface area contributed by atoms with Gasteiger partial charge in [0.1, 0.15) is 0 Å². The lowest BCUT2D eigenvalue weighted by Gasteiger charge is -2.09. The Bertz CT molecular complexity index is 1850. The summed E-state index contributed by atoms with van der Waals surface area (Å²) in [6.07, 6.45) is 1.89. The molecule has 0 bridgehead atoms. The van der Waals surface area contributed by atoms with E-state index < -0.39 is 0 Å². The molecular formula is C32H22N2. The molecule has 0 saturated heterocycles. The summed E-state index contributed by atoms with van der Waals surface area (Å²) >= 11 is 0. The largest absolute Gasteiger partial charge is 0.309 e. The molecule has 0 aliphatic carbocycles. The van der Waals surface area contributed by atoms with Crippen LogP contribution < -0.4 is 0 Å². The van der Waals surface area contributed by atoms with Crippen LogP contribution in [0.2, 0.25) is 0 Å². The summed E-state index contributed by atoms with van der Waals surface area (Å²) in [6.45, 7) is 3.90. The predicted molar refractivity (Wildman–Crippen MR) is 145 cm³/mol. The van der Waals surface area contributed by atoms with Gasteiger partial charge in [-0.2, -0.15) is 0 Å². The lowest BCUT2D eigenvalue weighted by atomic mass is 10.1. The molecule has 2 heteroatoms. The normalized spacial score (nSPS) is 11.6. The van der Waals surface area contributed by atoms with E-state index in [-0.39, 0.29) is 0 Å². The molecule has 0 saturated carbocycles. The molecule has 160 valence electrons. The predicted octanol–water partition coefficient (Wildman–Crippen LogP) is 8.52. The van der Waals surface area contributed by atoms with Crippen LogP contribution in [0.4, 0.5) is 0 Å². The quantitative estimate of drug-likeness (QED) is 0.264. The van der Waals surface area contributed by atoms with Crippen LogP contribution in [0.3, 0.4) is 0 Å². The lowest BCUT2D eigenvalue weighted by Crippen LogP contribution is -1.94. The molecule has 2 heterocycles. The van der Waals surface area contributed by atoms with Crippen molar-refractivity contribution in [2.75, 3.05) is 0 Å². The second kappa shape index (κ2) is 7.23. The first-order valence-corrected chi connectivity index (χ1v) is 11.6. The van der Waals surface area contributed by atoms with E-state index in [0.717, 1.165) is 11.3 Å². The third-order valence-corrected chi connectivity index (χ3v) is 6.87. The van der Waals surface area contributed by atoms with E-state index in [9.17, 15) is 0 Å². The first-order valence-electron chi connectivity index (χ1n) is 11.6. The fraction of sp³-hybridized carbons (Fsp3) is 0. The van der Waals surface area contributed by atoms with Gasteiger partial charge in [-0.25, -0.2) is 0 Å². The zero-order valence-corrected chi connectivity index (χ0v) is 18.6. The molecule has 0 spiro atoms. The molecule has 0 atom stereocenters.